The number of rotatable bonds is 7. The first-order chi connectivity index (χ1) is 33.7. The van der Waals surface area contributed by atoms with Gasteiger partial charge >= 0.3 is 0 Å². The SMILES string of the molecule is [C-]#[N+]c1ccc(-c2ccccc2-c2nc(-c3ccccc3)nc(-c3ccc(-c4cc5ccccc5c5ccccc45)cc3)n2)cc1-c1cccc(-c2cccc3c2-c2cccc4cccc-3c24)c1. The average Bonchev–Trinajstić information content (AvgIpc) is 3.75. The van der Waals surface area contributed by atoms with E-state index in [1.807, 2.05) is 54.6 Å². The Morgan fingerprint density at radius 1 is 0.279 bits per heavy atom. The lowest BCUT2D eigenvalue weighted by atomic mass is 9.90. The summed E-state index contributed by atoms with van der Waals surface area (Å²) < 4.78 is 0. The second-order valence-electron chi connectivity index (χ2n) is 17.3. The van der Waals surface area contributed by atoms with E-state index in [9.17, 15) is 0 Å². The molecule has 0 atom stereocenters. The lowest BCUT2D eigenvalue weighted by molar-refractivity contribution is 1.07. The van der Waals surface area contributed by atoms with Gasteiger partial charge in [-0.25, -0.2) is 19.8 Å². The van der Waals surface area contributed by atoms with Gasteiger partial charge in [0.25, 0.3) is 0 Å². The molecule has 0 saturated carbocycles. The molecule has 0 radical (unpaired) electrons. The van der Waals surface area contributed by atoms with Crippen LogP contribution in [0.25, 0.3) is 138 Å². The molecule has 1 heterocycles. The zero-order valence-electron chi connectivity index (χ0n) is 36.7. The first-order valence-electron chi connectivity index (χ1n) is 22.9. The summed E-state index contributed by atoms with van der Waals surface area (Å²) in [6.07, 6.45) is 0. The summed E-state index contributed by atoms with van der Waals surface area (Å²) in [5, 5.41) is 7.47. The van der Waals surface area contributed by atoms with E-state index in [-0.39, 0.29) is 0 Å². The van der Waals surface area contributed by atoms with Crippen molar-refractivity contribution in [3.63, 3.8) is 0 Å². The highest BCUT2D eigenvalue weighted by molar-refractivity contribution is 6.18. The Labute approximate surface area is 394 Å². The van der Waals surface area contributed by atoms with Crippen LogP contribution in [0.2, 0.25) is 0 Å². The van der Waals surface area contributed by atoms with Crippen molar-refractivity contribution in [1.29, 1.82) is 0 Å². The van der Waals surface area contributed by atoms with Crippen LogP contribution in [0.3, 0.4) is 0 Å². The van der Waals surface area contributed by atoms with Gasteiger partial charge in [0, 0.05) is 16.7 Å². The quantitative estimate of drug-likeness (QED) is 0.118. The molecule has 0 N–H and O–H groups in total. The molecule has 0 saturated heterocycles. The monoisotopic (exact) mass is 862 g/mol. The molecule has 0 fully saturated rings. The molecule has 0 amide bonds. The number of aromatic nitrogens is 3. The molecule has 1 aliphatic rings. The van der Waals surface area contributed by atoms with Crippen LogP contribution in [0.4, 0.5) is 5.69 Å². The standard InChI is InChI=1S/C64H38N4/c1-65-59-36-35-47(39-58(59)45-21-11-20-44(37-45)50-27-14-29-54-53-28-12-18-41-19-13-30-56(60(41)53)61(50)54)49-23-7-10-26-55(49)64-67-62(42-15-3-2-4-16-42)66-63(68-64)43-33-31-40(32-34-43)57-38-46-17-5-6-22-48(46)51-24-8-9-25-52(51)57/h2-39H. The van der Waals surface area contributed by atoms with Gasteiger partial charge in [-0.3, -0.25) is 0 Å². The Kier molecular flexibility index (Phi) is 9.20. The fourth-order valence-electron chi connectivity index (χ4n) is 10.3. The van der Waals surface area contributed by atoms with Gasteiger partial charge in [0.05, 0.1) is 6.57 Å². The summed E-state index contributed by atoms with van der Waals surface area (Å²) in [5.74, 6) is 1.75. The third-order valence-corrected chi connectivity index (χ3v) is 13.5. The topological polar surface area (TPSA) is 43.0 Å². The second-order valence-corrected chi connectivity index (χ2v) is 17.3. The Bertz CT molecular complexity index is 4030. The van der Waals surface area contributed by atoms with E-state index in [1.165, 1.54) is 65.7 Å². The molecular formula is C64H38N4. The zero-order valence-corrected chi connectivity index (χ0v) is 36.7. The third kappa shape index (κ3) is 6.48. The van der Waals surface area contributed by atoms with Gasteiger partial charge in [-0.05, 0) is 111 Å². The molecule has 0 bridgehead atoms. The summed E-state index contributed by atoms with van der Waals surface area (Å²) in [6.45, 7) is 8.28. The Hall–Kier alpha value is -9.30. The Morgan fingerprint density at radius 2 is 0.794 bits per heavy atom. The molecule has 12 aromatic rings. The molecule has 1 aromatic heterocycles. The molecule has 68 heavy (non-hydrogen) atoms. The summed E-state index contributed by atoms with van der Waals surface area (Å²) >= 11 is 0. The summed E-state index contributed by atoms with van der Waals surface area (Å²) in [7, 11) is 0. The van der Waals surface area contributed by atoms with E-state index in [0.29, 0.717) is 23.2 Å². The summed E-state index contributed by atoms with van der Waals surface area (Å²) in [6, 6.07) is 81.0. The minimum Gasteiger partial charge on any atom is -0.238 e. The largest absolute Gasteiger partial charge is 0.238 e. The van der Waals surface area contributed by atoms with Crippen molar-refractivity contribution in [1.82, 2.24) is 15.0 Å². The molecule has 13 rings (SSSR count). The first-order valence-corrected chi connectivity index (χ1v) is 22.9. The maximum atomic E-state index is 8.28. The maximum Gasteiger partial charge on any atom is 0.194 e. The predicted octanol–water partition coefficient (Wildman–Crippen LogP) is 17.2. The second kappa shape index (κ2) is 16.0. The van der Waals surface area contributed by atoms with Crippen molar-refractivity contribution in [2.45, 2.75) is 0 Å². The van der Waals surface area contributed by atoms with Gasteiger partial charge in [-0.1, -0.05) is 218 Å². The van der Waals surface area contributed by atoms with E-state index >= 15 is 0 Å². The third-order valence-electron chi connectivity index (χ3n) is 13.5. The van der Waals surface area contributed by atoms with Crippen molar-refractivity contribution in [2.24, 2.45) is 0 Å². The van der Waals surface area contributed by atoms with Crippen LogP contribution in [0.15, 0.2) is 231 Å². The normalized spacial score (nSPS) is 11.5. The first kappa shape index (κ1) is 39.1. The summed E-state index contributed by atoms with van der Waals surface area (Å²) in [5.41, 5.74) is 16.7. The van der Waals surface area contributed by atoms with Crippen molar-refractivity contribution < 1.29 is 0 Å². The molecule has 0 aliphatic heterocycles. The van der Waals surface area contributed by atoms with Crippen molar-refractivity contribution in [2.75, 3.05) is 0 Å². The highest BCUT2D eigenvalue weighted by Gasteiger charge is 2.25. The molecule has 4 nitrogen and oxygen atoms in total. The van der Waals surface area contributed by atoms with Gasteiger partial charge in [-0.2, -0.15) is 0 Å². The fraction of sp³-hybridized carbons (Fsp3) is 0. The van der Waals surface area contributed by atoms with Crippen LogP contribution in [0.5, 0.6) is 0 Å². The minimum atomic E-state index is 0.570. The van der Waals surface area contributed by atoms with Crippen LogP contribution < -0.4 is 0 Å². The van der Waals surface area contributed by atoms with Crippen LogP contribution in [0, 0.1) is 6.57 Å². The van der Waals surface area contributed by atoms with Gasteiger partial charge in [0.1, 0.15) is 0 Å². The van der Waals surface area contributed by atoms with Gasteiger partial charge in [0.15, 0.2) is 23.2 Å². The lowest BCUT2D eigenvalue weighted by Gasteiger charge is -2.15. The number of hydrogen-bond donors (Lipinski definition) is 0. The van der Waals surface area contributed by atoms with Gasteiger partial charge in [0.2, 0.25) is 0 Å². The van der Waals surface area contributed by atoms with E-state index in [4.69, 9.17) is 21.5 Å². The molecule has 11 aromatic carbocycles. The molecular weight excluding hydrogens is 825 g/mol. The zero-order chi connectivity index (χ0) is 45.1. The Morgan fingerprint density at radius 3 is 1.59 bits per heavy atom. The molecule has 1 aliphatic carbocycles. The number of hydrogen-bond acceptors (Lipinski definition) is 3. The van der Waals surface area contributed by atoms with E-state index in [0.717, 1.165) is 50.1 Å². The van der Waals surface area contributed by atoms with Crippen LogP contribution >= 0.6 is 0 Å². The molecule has 0 spiro atoms. The Balaban J connectivity index is 0.904. The van der Waals surface area contributed by atoms with Crippen LogP contribution in [-0.4, -0.2) is 15.0 Å². The van der Waals surface area contributed by atoms with Gasteiger partial charge in [-0.15, -0.1) is 0 Å². The number of benzene rings is 11. The average molecular weight is 863 g/mol. The highest BCUT2D eigenvalue weighted by Crippen LogP contribution is 2.51. The minimum absolute atomic E-state index is 0.570. The fourth-order valence-corrected chi connectivity index (χ4v) is 10.3. The van der Waals surface area contributed by atoms with Gasteiger partial charge < -0.3 is 0 Å². The van der Waals surface area contributed by atoms with Crippen molar-refractivity contribution in [3.05, 3.63) is 242 Å². The summed E-state index contributed by atoms with van der Waals surface area (Å²) in [4.78, 5) is 19.5. The van der Waals surface area contributed by atoms with Crippen LogP contribution in [-0.2, 0) is 0 Å². The highest BCUT2D eigenvalue weighted by atomic mass is 15.0. The van der Waals surface area contributed by atoms with E-state index < -0.39 is 0 Å². The van der Waals surface area contributed by atoms with Crippen molar-refractivity contribution in [3.8, 4) is 101 Å². The smallest absolute Gasteiger partial charge is 0.194 e. The van der Waals surface area contributed by atoms with E-state index in [2.05, 4.69) is 181 Å². The number of nitrogens with zero attached hydrogens (tertiary/aromatic N) is 4. The molecule has 314 valence electrons. The van der Waals surface area contributed by atoms with Crippen molar-refractivity contribution >= 4 is 38.0 Å². The molecule has 4 heteroatoms. The lowest BCUT2D eigenvalue weighted by Crippen LogP contribution is -2.01. The van der Waals surface area contributed by atoms with Crippen LogP contribution in [0.1, 0.15) is 0 Å². The maximum absolute atomic E-state index is 8.28. The number of fused-ring (bicyclic) bond motifs is 6. The molecule has 0 unspecified atom stereocenters. The predicted molar refractivity (Wildman–Crippen MR) is 281 cm³/mol. The van der Waals surface area contributed by atoms with E-state index in [1.54, 1.807) is 0 Å².